The molecule has 88 valence electrons. The average Bonchev–Trinajstić information content (AvgIpc) is 2.94. The van der Waals surface area contributed by atoms with E-state index < -0.39 is 10.0 Å². The van der Waals surface area contributed by atoms with Crippen molar-refractivity contribution in [2.45, 2.75) is 19.8 Å². The Hall–Kier alpha value is -0.550. The number of benzene rings is 1. The van der Waals surface area contributed by atoms with E-state index in [-0.39, 0.29) is 5.75 Å². The average molecular weight is 304 g/mol. The second-order valence-corrected chi connectivity index (χ2v) is 6.91. The minimum absolute atomic E-state index is 0.249. The van der Waals surface area contributed by atoms with Crippen LogP contribution in [0, 0.1) is 12.8 Å². The Labute approximate surface area is 104 Å². The Kier molecular flexibility index (Phi) is 3.26. The predicted molar refractivity (Wildman–Crippen MR) is 69.0 cm³/mol. The molecule has 0 radical (unpaired) electrons. The number of hydrogen-bond acceptors (Lipinski definition) is 2. The quantitative estimate of drug-likeness (QED) is 0.929. The molecule has 0 amide bonds. The van der Waals surface area contributed by atoms with Gasteiger partial charge in [-0.15, -0.1) is 0 Å². The second kappa shape index (κ2) is 4.37. The second-order valence-electron chi connectivity index (χ2n) is 4.29. The summed E-state index contributed by atoms with van der Waals surface area (Å²) in [6.45, 7) is 1.96. The first-order valence-electron chi connectivity index (χ1n) is 5.23. The normalized spacial score (nSPS) is 16.1. The van der Waals surface area contributed by atoms with Crippen LogP contribution in [-0.4, -0.2) is 14.2 Å². The first kappa shape index (κ1) is 11.9. The summed E-state index contributed by atoms with van der Waals surface area (Å²) in [6, 6.07) is 5.46. The van der Waals surface area contributed by atoms with Crippen LogP contribution in [0.25, 0.3) is 0 Å². The number of nitrogens with one attached hydrogen (secondary N) is 1. The molecule has 2 rings (SSSR count). The first-order chi connectivity index (χ1) is 7.46. The highest BCUT2D eigenvalue weighted by Gasteiger charge is 2.27. The third-order valence-electron chi connectivity index (χ3n) is 2.60. The third kappa shape index (κ3) is 3.22. The summed E-state index contributed by atoms with van der Waals surface area (Å²) < 4.78 is 27.0. The van der Waals surface area contributed by atoms with E-state index in [2.05, 4.69) is 20.7 Å². The minimum atomic E-state index is -3.17. The Balaban J connectivity index is 2.10. The maximum absolute atomic E-state index is 11.7. The van der Waals surface area contributed by atoms with Crippen molar-refractivity contribution in [3.8, 4) is 0 Å². The van der Waals surface area contributed by atoms with E-state index in [4.69, 9.17) is 0 Å². The summed E-state index contributed by atoms with van der Waals surface area (Å²) >= 11 is 3.38. The lowest BCUT2D eigenvalue weighted by molar-refractivity contribution is 0.597. The lowest BCUT2D eigenvalue weighted by Crippen LogP contribution is -2.17. The van der Waals surface area contributed by atoms with Crippen LogP contribution < -0.4 is 4.72 Å². The van der Waals surface area contributed by atoms with Crippen molar-refractivity contribution in [3.05, 3.63) is 28.2 Å². The molecule has 1 fully saturated rings. The molecule has 0 aromatic heterocycles. The van der Waals surface area contributed by atoms with Crippen LogP contribution >= 0.6 is 15.9 Å². The SMILES string of the molecule is Cc1ccc(NS(=O)(=O)CC2CC2)cc1Br. The topological polar surface area (TPSA) is 46.2 Å². The molecule has 1 aromatic carbocycles. The molecule has 1 aliphatic rings. The zero-order chi connectivity index (χ0) is 11.8. The maximum Gasteiger partial charge on any atom is 0.232 e. The molecule has 1 aliphatic carbocycles. The summed E-state index contributed by atoms with van der Waals surface area (Å²) in [5.41, 5.74) is 1.71. The molecule has 16 heavy (non-hydrogen) atoms. The Morgan fingerprint density at radius 3 is 2.69 bits per heavy atom. The van der Waals surface area contributed by atoms with Crippen LogP contribution in [0.3, 0.4) is 0 Å². The number of hydrogen-bond donors (Lipinski definition) is 1. The Morgan fingerprint density at radius 1 is 1.44 bits per heavy atom. The molecule has 0 spiro atoms. The van der Waals surface area contributed by atoms with E-state index in [0.29, 0.717) is 11.6 Å². The standard InChI is InChI=1S/C11H14BrNO2S/c1-8-2-5-10(6-11(8)12)13-16(14,15)7-9-3-4-9/h2,5-6,9,13H,3-4,7H2,1H3. The van der Waals surface area contributed by atoms with Crippen LogP contribution in [0.15, 0.2) is 22.7 Å². The van der Waals surface area contributed by atoms with Crippen molar-refractivity contribution >= 4 is 31.6 Å². The van der Waals surface area contributed by atoms with Gasteiger partial charge in [-0.3, -0.25) is 4.72 Å². The van der Waals surface area contributed by atoms with Gasteiger partial charge in [0.25, 0.3) is 0 Å². The van der Waals surface area contributed by atoms with Crippen molar-refractivity contribution < 1.29 is 8.42 Å². The van der Waals surface area contributed by atoms with E-state index >= 15 is 0 Å². The lowest BCUT2D eigenvalue weighted by atomic mass is 10.2. The molecule has 1 saturated carbocycles. The third-order valence-corrected chi connectivity index (χ3v) is 4.91. The van der Waals surface area contributed by atoms with Crippen molar-refractivity contribution in [2.24, 2.45) is 5.92 Å². The highest BCUT2D eigenvalue weighted by molar-refractivity contribution is 9.10. The van der Waals surface area contributed by atoms with Gasteiger partial charge < -0.3 is 0 Å². The monoisotopic (exact) mass is 303 g/mol. The van der Waals surface area contributed by atoms with E-state index in [0.717, 1.165) is 22.9 Å². The smallest absolute Gasteiger partial charge is 0.232 e. The molecule has 1 aromatic rings. The Bertz CT molecular complexity index is 495. The van der Waals surface area contributed by atoms with Gasteiger partial charge in [0, 0.05) is 10.2 Å². The minimum Gasteiger partial charge on any atom is -0.284 e. The van der Waals surface area contributed by atoms with Crippen molar-refractivity contribution in [3.63, 3.8) is 0 Å². The molecule has 5 heteroatoms. The molecule has 3 nitrogen and oxygen atoms in total. The van der Waals surface area contributed by atoms with Gasteiger partial charge in [0.2, 0.25) is 10.0 Å². The van der Waals surface area contributed by atoms with Crippen molar-refractivity contribution in [2.75, 3.05) is 10.5 Å². The maximum atomic E-state index is 11.7. The van der Waals surface area contributed by atoms with E-state index in [1.807, 2.05) is 13.0 Å². The first-order valence-corrected chi connectivity index (χ1v) is 7.67. The molecule has 0 atom stereocenters. The van der Waals surface area contributed by atoms with Gasteiger partial charge in [0.15, 0.2) is 0 Å². The fourth-order valence-electron chi connectivity index (χ4n) is 1.47. The van der Waals surface area contributed by atoms with Gasteiger partial charge in [0.05, 0.1) is 5.75 Å². The van der Waals surface area contributed by atoms with Gasteiger partial charge in [-0.2, -0.15) is 0 Å². The van der Waals surface area contributed by atoms with Crippen LogP contribution in [-0.2, 0) is 10.0 Å². The number of halogens is 1. The largest absolute Gasteiger partial charge is 0.284 e. The molecule has 1 N–H and O–H groups in total. The van der Waals surface area contributed by atoms with Gasteiger partial charge in [-0.25, -0.2) is 8.42 Å². The highest BCUT2D eigenvalue weighted by Crippen LogP contribution is 2.31. The fourth-order valence-corrected chi connectivity index (χ4v) is 3.37. The molecule has 0 heterocycles. The summed E-state index contributed by atoms with van der Waals surface area (Å²) in [5, 5.41) is 0. The summed E-state index contributed by atoms with van der Waals surface area (Å²) in [5.74, 6) is 0.616. The van der Waals surface area contributed by atoms with Gasteiger partial charge in [-0.05, 0) is 43.4 Å². The van der Waals surface area contributed by atoms with Crippen LogP contribution in [0.2, 0.25) is 0 Å². The lowest BCUT2D eigenvalue weighted by Gasteiger charge is -2.08. The molecule has 0 unspecified atom stereocenters. The fraction of sp³-hybridized carbons (Fsp3) is 0.455. The zero-order valence-corrected chi connectivity index (χ0v) is 11.4. The summed E-state index contributed by atoms with van der Waals surface area (Å²) in [7, 11) is -3.17. The molecular formula is C11H14BrNO2S. The zero-order valence-electron chi connectivity index (χ0n) is 9.03. The number of aryl methyl sites for hydroxylation is 1. The van der Waals surface area contributed by atoms with Crippen molar-refractivity contribution in [1.29, 1.82) is 0 Å². The van der Waals surface area contributed by atoms with Gasteiger partial charge >= 0.3 is 0 Å². The summed E-state index contributed by atoms with van der Waals surface area (Å²) in [4.78, 5) is 0. The predicted octanol–water partition coefficient (Wildman–Crippen LogP) is 2.91. The van der Waals surface area contributed by atoms with Gasteiger partial charge in [0.1, 0.15) is 0 Å². The summed E-state index contributed by atoms with van der Waals surface area (Å²) in [6.07, 6.45) is 2.08. The Morgan fingerprint density at radius 2 is 2.12 bits per heavy atom. The van der Waals surface area contributed by atoms with E-state index in [1.54, 1.807) is 12.1 Å². The van der Waals surface area contributed by atoms with E-state index in [9.17, 15) is 8.42 Å². The van der Waals surface area contributed by atoms with Gasteiger partial charge in [-0.1, -0.05) is 22.0 Å². The van der Waals surface area contributed by atoms with Crippen LogP contribution in [0.4, 0.5) is 5.69 Å². The van der Waals surface area contributed by atoms with Crippen LogP contribution in [0.1, 0.15) is 18.4 Å². The number of rotatable bonds is 4. The van der Waals surface area contributed by atoms with E-state index in [1.165, 1.54) is 0 Å². The number of anilines is 1. The van der Waals surface area contributed by atoms with Crippen molar-refractivity contribution in [1.82, 2.24) is 0 Å². The molecular weight excluding hydrogens is 290 g/mol. The molecule has 0 aliphatic heterocycles. The molecule has 0 saturated heterocycles. The molecule has 0 bridgehead atoms. The van der Waals surface area contributed by atoms with Crippen LogP contribution in [0.5, 0.6) is 0 Å². The number of sulfonamides is 1. The highest BCUT2D eigenvalue weighted by atomic mass is 79.9.